The zero-order valence-corrected chi connectivity index (χ0v) is 21.0. The molecule has 6 nitrogen and oxygen atoms in total. The van der Waals surface area contributed by atoms with Crippen LogP contribution in [0.25, 0.3) is 0 Å². The fourth-order valence-electron chi connectivity index (χ4n) is 4.29. The van der Waals surface area contributed by atoms with E-state index in [2.05, 4.69) is 27.7 Å². The topological polar surface area (TPSA) is 94.5 Å². The SMILES string of the molecule is CCC[N+](CCC)(CCC)CCC.O=C([O-])c1ccccc1S(=O)c1ccccc1C(=O)O. The smallest absolute Gasteiger partial charge is 0.336 e. The molecule has 0 aliphatic heterocycles. The maximum atomic E-state index is 12.5. The number of benzene rings is 2. The molecule has 33 heavy (non-hydrogen) atoms. The lowest BCUT2D eigenvalue weighted by Crippen LogP contribution is -2.50. The summed E-state index contributed by atoms with van der Waals surface area (Å²) in [4.78, 5) is 22.2. The zero-order chi connectivity index (χ0) is 24.9. The fourth-order valence-corrected chi connectivity index (χ4v) is 5.64. The van der Waals surface area contributed by atoms with Crippen LogP contribution in [-0.2, 0) is 10.8 Å². The molecule has 0 fully saturated rings. The van der Waals surface area contributed by atoms with Crippen molar-refractivity contribution < 1.29 is 28.5 Å². The molecular formula is C26H37NO5S. The second kappa shape index (κ2) is 14.6. The van der Waals surface area contributed by atoms with Crippen molar-refractivity contribution >= 4 is 22.7 Å². The predicted molar refractivity (Wildman–Crippen MR) is 130 cm³/mol. The number of carboxylic acids is 2. The number of rotatable bonds is 12. The molecule has 2 aromatic carbocycles. The second-order valence-corrected chi connectivity index (χ2v) is 9.51. The highest BCUT2D eigenvalue weighted by molar-refractivity contribution is 7.85. The molecule has 0 spiro atoms. The van der Waals surface area contributed by atoms with E-state index in [-0.39, 0.29) is 20.9 Å². The predicted octanol–water partition coefficient (Wildman–Crippen LogP) is 4.36. The number of hydrogen-bond acceptors (Lipinski definition) is 4. The first-order valence-electron chi connectivity index (χ1n) is 11.7. The van der Waals surface area contributed by atoms with Crippen LogP contribution in [-0.4, -0.2) is 51.9 Å². The van der Waals surface area contributed by atoms with Crippen LogP contribution in [0.15, 0.2) is 58.3 Å². The van der Waals surface area contributed by atoms with Gasteiger partial charge in [-0.2, -0.15) is 0 Å². The van der Waals surface area contributed by atoms with Gasteiger partial charge in [0.2, 0.25) is 0 Å². The molecular weight excluding hydrogens is 438 g/mol. The molecule has 0 aromatic heterocycles. The van der Waals surface area contributed by atoms with Crippen molar-refractivity contribution in [3.05, 3.63) is 59.7 Å². The van der Waals surface area contributed by atoms with E-state index >= 15 is 0 Å². The Morgan fingerprint density at radius 2 is 1.12 bits per heavy atom. The Labute approximate surface area is 200 Å². The lowest BCUT2D eigenvalue weighted by molar-refractivity contribution is -0.928. The van der Waals surface area contributed by atoms with Crippen LogP contribution < -0.4 is 5.11 Å². The summed E-state index contributed by atoms with van der Waals surface area (Å²) in [5.41, 5.74) is -0.343. The Hall–Kier alpha value is -2.51. The van der Waals surface area contributed by atoms with E-state index in [1.54, 1.807) is 6.07 Å². The van der Waals surface area contributed by atoms with Gasteiger partial charge in [-0.3, -0.25) is 0 Å². The third-order valence-corrected chi connectivity index (χ3v) is 6.93. The molecule has 0 bridgehead atoms. The third-order valence-electron chi connectivity index (χ3n) is 5.42. The van der Waals surface area contributed by atoms with Crippen LogP contribution in [0.5, 0.6) is 0 Å². The van der Waals surface area contributed by atoms with Gasteiger partial charge in [-0.1, -0.05) is 58.0 Å². The van der Waals surface area contributed by atoms with Gasteiger partial charge in [0.1, 0.15) is 0 Å². The summed E-state index contributed by atoms with van der Waals surface area (Å²) < 4.78 is 13.8. The summed E-state index contributed by atoms with van der Waals surface area (Å²) >= 11 is 0. The first-order valence-corrected chi connectivity index (χ1v) is 12.8. The molecule has 7 heteroatoms. The van der Waals surface area contributed by atoms with E-state index in [1.165, 1.54) is 98.8 Å². The minimum absolute atomic E-state index is 0.0150. The molecule has 1 unspecified atom stereocenters. The van der Waals surface area contributed by atoms with Crippen LogP contribution in [0.3, 0.4) is 0 Å². The minimum Gasteiger partial charge on any atom is -0.545 e. The van der Waals surface area contributed by atoms with E-state index in [9.17, 15) is 18.9 Å². The van der Waals surface area contributed by atoms with Gasteiger partial charge in [-0.15, -0.1) is 0 Å². The highest BCUT2D eigenvalue weighted by Crippen LogP contribution is 2.23. The Kier molecular flexibility index (Phi) is 12.6. The first-order chi connectivity index (χ1) is 15.8. The Bertz CT molecular complexity index is 839. The highest BCUT2D eigenvalue weighted by Gasteiger charge is 2.22. The molecule has 0 amide bonds. The van der Waals surface area contributed by atoms with Crippen LogP contribution in [0.2, 0.25) is 0 Å². The number of carbonyl (C=O) groups excluding carboxylic acids is 1. The van der Waals surface area contributed by atoms with Crippen LogP contribution in [0.4, 0.5) is 0 Å². The second-order valence-electron chi connectivity index (χ2n) is 8.09. The summed E-state index contributed by atoms with van der Waals surface area (Å²) in [6.45, 7) is 14.8. The average molecular weight is 476 g/mol. The van der Waals surface area contributed by atoms with Gasteiger partial charge in [0.05, 0.1) is 58.3 Å². The van der Waals surface area contributed by atoms with E-state index in [0.29, 0.717) is 0 Å². The summed E-state index contributed by atoms with van der Waals surface area (Å²) in [6.07, 6.45) is 5.33. The zero-order valence-electron chi connectivity index (χ0n) is 20.2. The van der Waals surface area contributed by atoms with Crippen molar-refractivity contribution in [3.63, 3.8) is 0 Å². The van der Waals surface area contributed by atoms with E-state index in [1.807, 2.05) is 0 Å². The Morgan fingerprint density at radius 1 is 0.758 bits per heavy atom. The number of nitrogens with zero attached hydrogens (tertiary/aromatic N) is 1. The molecule has 182 valence electrons. The monoisotopic (exact) mass is 475 g/mol. The van der Waals surface area contributed by atoms with E-state index in [4.69, 9.17) is 5.11 Å². The Morgan fingerprint density at radius 3 is 1.48 bits per heavy atom. The average Bonchev–Trinajstić information content (AvgIpc) is 2.79. The highest BCUT2D eigenvalue weighted by atomic mass is 32.2. The number of hydrogen-bond donors (Lipinski definition) is 1. The van der Waals surface area contributed by atoms with Gasteiger partial charge in [-0.05, 0) is 43.9 Å². The third kappa shape index (κ3) is 8.41. The van der Waals surface area contributed by atoms with Crippen LogP contribution in [0, 0.1) is 0 Å². The van der Waals surface area contributed by atoms with Gasteiger partial charge in [0.15, 0.2) is 0 Å². The van der Waals surface area contributed by atoms with Crippen molar-refractivity contribution in [1.29, 1.82) is 0 Å². The fraction of sp³-hybridized carbons (Fsp3) is 0.462. The van der Waals surface area contributed by atoms with Crippen LogP contribution in [0.1, 0.15) is 74.1 Å². The molecule has 1 N–H and O–H groups in total. The number of carbonyl (C=O) groups is 2. The van der Waals surface area contributed by atoms with Gasteiger partial charge >= 0.3 is 5.97 Å². The molecule has 0 saturated heterocycles. The minimum atomic E-state index is -1.91. The largest absolute Gasteiger partial charge is 0.545 e. The quantitative estimate of drug-likeness (QED) is 0.460. The summed E-state index contributed by atoms with van der Waals surface area (Å²) in [5, 5.41) is 20.1. The summed E-state index contributed by atoms with van der Waals surface area (Å²) in [6, 6.07) is 11.4. The molecule has 2 aromatic rings. The Balaban J connectivity index is 0.000000366. The van der Waals surface area contributed by atoms with Gasteiger partial charge in [0.25, 0.3) is 0 Å². The summed E-state index contributed by atoms with van der Waals surface area (Å²) in [5.74, 6) is -2.68. The van der Waals surface area contributed by atoms with Gasteiger partial charge < -0.3 is 19.5 Å². The summed E-state index contributed by atoms with van der Waals surface area (Å²) in [7, 11) is -1.91. The van der Waals surface area contributed by atoms with Crippen molar-refractivity contribution in [3.8, 4) is 0 Å². The molecule has 0 saturated carbocycles. The maximum absolute atomic E-state index is 12.5. The lowest BCUT2D eigenvalue weighted by Gasteiger charge is -2.38. The van der Waals surface area contributed by atoms with E-state index in [0.717, 1.165) is 0 Å². The standard InChI is InChI=1S/C14H10O5S.C12H28N/c15-13(16)9-5-1-3-7-11(9)20(19)12-8-4-2-6-10(12)14(17)18;1-5-9-13(10-6-2,11-7-3)12-8-4/h1-8H,(H,15,16)(H,17,18);5-12H2,1-4H3/q;+1/p-1. The van der Waals surface area contributed by atoms with Crippen molar-refractivity contribution in [2.24, 2.45) is 0 Å². The molecule has 1 atom stereocenters. The molecule has 0 aliphatic carbocycles. The molecule has 0 aliphatic rings. The van der Waals surface area contributed by atoms with E-state index < -0.39 is 22.7 Å². The number of carboxylic acid groups (broad SMARTS) is 2. The van der Waals surface area contributed by atoms with Crippen LogP contribution >= 0.6 is 0 Å². The van der Waals surface area contributed by atoms with Crippen molar-refractivity contribution in [1.82, 2.24) is 0 Å². The van der Waals surface area contributed by atoms with Gasteiger partial charge in [-0.25, -0.2) is 9.00 Å². The molecule has 2 rings (SSSR count). The first kappa shape index (κ1) is 28.5. The number of aromatic carboxylic acids is 2. The number of quaternary nitrogens is 1. The maximum Gasteiger partial charge on any atom is 0.336 e. The van der Waals surface area contributed by atoms with Crippen molar-refractivity contribution in [2.75, 3.05) is 26.2 Å². The molecule has 0 heterocycles. The normalized spacial score (nSPS) is 11.9. The van der Waals surface area contributed by atoms with Gasteiger partial charge in [0, 0.05) is 5.56 Å². The molecule has 0 radical (unpaired) electrons. The lowest BCUT2D eigenvalue weighted by atomic mass is 10.2. The van der Waals surface area contributed by atoms with Crippen molar-refractivity contribution in [2.45, 2.75) is 63.2 Å².